The molecule has 0 radical (unpaired) electrons. The Balaban J connectivity index is 1.67. The Labute approximate surface area is 135 Å². The van der Waals surface area contributed by atoms with Gasteiger partial charge in [0.25, 0.3) is 0 Å². The fourth-order valence-electron chi connectivity index (χ4n) is 3.12. The van der Waals surface area contributed by atoms with E-state index in [-0.39, 0.29) is 17.8 Å². The third-order valence-electron chi connectivity index (χ3n) is 4.44. The first-order valence-corrected chi connectivity index (χ1v) is 7.87. The summed E-state index contributed by atoms with van der Waals surface area (Å²) >= 11 is 0. The number of amides is 1. The minimum atomic E-state index is -0.171. The van der Waals surface area contributed by atoms with Crippen molar-refractivity contribution in [3.05, 3.63) is 42.1 Å². The first kappa shape index (κ1) is 15.5. The molecule has 0 aliphatic carbocycles. The van der Waals surface area contributed by atoms with Crippen molar-refractivity contribution in [1.29, 1.82) is 0 Å². The molecule has 1 aromatic heterocycles. The maximum Gasteiger partial charge on any atom is 0.308 e. The molecule has 2 aromatic rings. The van der Waals surface area contributed by atoms with Crippen molar-refractivity contribution in [2.75, 3.05) is 20.2 Å². The largest absolute Gasteiger partial charge is 0.469 e. The molecular formula is C18H20N2O3. The highest BCUT2D eigenvalue weighted by Crippen LogP contribution is 2.21. The van der Waals surface area contributed by atoms with E-state index in [1.807, 2.05) is 35.2 Å². The van der Waals surface area contributed by atoms with Crippen LogP contribution in [0.25, 0.3) is 10.9 Å². The molecule has 0 spiro atoms. The number of hydrogen-bond acceptors (Lipinski definition) is 4. The molecule has 1 saturated heterocycles. The SMILES string of the molecule is COC(=O)C1CCN(C(=O)Cc2cccc3cccnc23)CC1. The van der Waals surface area contributed by atoms with Crippen LogP contribution >= 0.6 is 0 Å². The zero-order chi connectivity index (χ0) is 16.2. The number of hydrogen-bond donors (Lipinski definition) is 0. The summed E-state index contributed by atoms with van der Waals surface area (Å²) in [5, 5.41) is 1.04. The third-order valence-corrected chi connectivity index (χ3v) is 4.44. The molecule has 0 bridgehead atoms. The summed E-state index contributed by atoms with van der Waals surface area (Å²) in [5.41, 5.74) is 1.83. The number of fused-ring (bicyclic) bond motifs is 1. The molecule has 2 heterocycles. The molecule has 1 aliphatic rings. The minimum absolute atomic E-state index is 0.0803. The van der Waals surface area contributed by atoms with Gasteiger partial charge in [-0.25, -0.2) is 0 Å². The number of piperidine rings is 1. The van der Waals surface area contributed by atoms with E-state index in [4.69, 9.17) is 4.74 Å². The molecule has 3 rings (SSSR count). The number of pyridine rings is 1. The van der Waals surface area contributed by atoms with Crippen molar-refractivity contribution in [3.8, 4) is 0 Å². The van der Waals surface area contributed by atoms with Gasteiger partial charge in [0.2, 0.25) is 5.91 Å². The minimum Gasteiger partial charge on any atom is -0.469 e. The quantitative estimate of drug-likeness (QED) is 0.815. The van der Waals surface area contributed by atoms with Crippen LogP contribution in [0.5, 0.6) is 0 Å². The van der Waals surface area contributed by atoms with E-state index < -0.39 is 0 Å². The molecule has 1 aliphatic heterocycles. The highest BCUT2D eigenvalue weighted by atomic mass is 16.5. The number of esters is 1. The highest BCUT2D eigenvalue weighted by molar-refractivity contribution is 5.87. The summed E-state index contributed by atoms with van der Waals surface area (Å²) in [5.74, 6) is -0.162. The van der Waals surface area contributed by atoms with Gasteiger partial charge in [0, 0.05) is 24.7 Å². The van der Waals surface area contributed by atoms with Gasteiger partial charge in [-0.15, -0.1) is 0 Å². The van der Waals surface area contributed by atoms with E-state index >= 15 is 0 Å². The van der Waals surface area contributed by atoms with Crippen molar-refractivity contribution in [2.24, 2.45) is 5.92 Å². The van der Waals surface area contributed by atoms with Gasteiger partial charge in [-0.2, -0.15) is 0 Å². The van der Waals surface area contributed by atoms with Crippen LogP contribution in [0.3, 0.4) is 0 Å². The first-order valence-electron chi connectivity index (χ1n) is 7.87. The van der Waals surface area contributed by atoms with Crippen LogP contribution in [0, 0.1) is 5.92 Å². The molecule has 0 unspecified atom stereocenters. The summed E-state index contributed by atoms with van der Waals surface area (Å²) < 4.78 is 4.78. The fourth-order valence-corrected chi connectivity index (χ4v) is 3.12. The highest BCUT2D eigenvalue weighted by Gasteiger charge is 2.27. The lowest BCUT2D eigenvalue weighted by Crippen LogP contribution is -2.41. The molecule has 23 heavy (non-hydrogen) atoms. The summed E-state index contributed by atoms with van der Waals surface area (Å²) in [7, 11) is 1.41. The van der Waals surface area contributed by atoms with Crippen molar-refractivity contribution < 1.29 is 14.3 Å². The molecule has 1 fully saturated rings. The molecule has 120 valence electrons. The summed E-state index contributed by atoms with van der Waals surface area (Å²) in [4.78, 5) is 30.3. The maximum atomic E-state index is 12.5. The zero-order valence-electron chi connectivity index (χ0n) is 13.2. The normalized spacial score (nSPS) is 15.6. The lowest BCUT2D eigenvalue weighted by molar-refractivity contribution is -0.148. The van der Waals surface area contributed by atoms with Crippen LogP contribution in [0.15, 0.2) is 36.5 Å². The molecule has 0 N–H and O–H groups in total. The van der Waals surface area contributed by atoms with Crippen LogP contribution < -0.4 is 0 Å². The van der Waals surface area contributed by atoms with Crippen LogP contribution in [-0.2, 0) is 20.7 Å². The van der Waals surface area contributed by atoms with Gasteiger partial charge < -0.3 is 9.64 Å². The van der Waals surface area contributed by atoms with Gasteiger partial charge in [0.1, 0.15) is 0 Å². The molecule has 1 amide bonds. The number of benzene rings is 1. The lowest BCUT2D eigenvalue weighted by Gasteiger charge is -2.30. The summed E-state index contributed by atoms with van der Waals surface area (Å²) in [6, 6.07) is 9.80. The second-order valence-electron chi connectivity index (χ2n) is 5.85. The van der Waals surface area contributed by atoms with Crippen molar-refractivity contribution in [2.45, 2.75) is 19.3 Å². The van der Waals surface area contributed by atoms with Gasteiger partial charge in [-0.05, 0) is 24.5 Å². The third kappa shape index (κ3) is 3.33. The Morgan fingerprint density at radius 2 is 1.96 bits per heavy atom. The molecule has 1 aromatic carbocycles. The molecule has 0 atom stereocenters. The lowest BCUT2D eigenvalue weighted by atomic mass is 9.96. The summed E-state index contributed by atoms with van der Waals surface area (Å²) in [6.07, 6.45) is 3.44. The number of carbonyl (C=O) groups excluding carboxylic acids is 2. The standard InChI is InChI=1S/C18H20N2O3/c1-23-18(22)14-7-10-20(11-8-14)16(21)12-15-5-2-4-13-6-3-9-19-17(13)15/h2-6,9,14H,7-8,10-12H2,1H3. The number of nitrogens with zero attached hydrogens (tertiary/aromatic N) is 2. The van der Waals surface area contributed by atoms with Crippen LogP contribution in [0.1, 0.15) is 18.4 Å². The Bertz CT molecular complexity index is 716. The number of aromatic nitrogens is 1. The number of para-hydroxylation sites is 1. The molecular weight excluding hydrogens is 292 g/mol. The molecule has 5 heteroatoms. The second kappa shape index (κ2) is 6.77. The molecule has 0 saturated carbocycles. The number of carbonyl (C=O) groups is 2. The van der Waals surface area contributed by atoms with E-state index in [0.717, 1.165) is 16.5 Å². The van der Waals surface area contributed by atoms with Crippen LogP contribution in [0.4, 0.5) is 0 Å². The van der Waals surface area contributed by atoms with Gasteiger partial charge in [0.15, 0.2) is 0 Å². The summed E-state index contributed by atoms with van der Waals surface area (Å²) in [6.45, 7) is 1.22. The van der Waals surface area contributed by atoms with Crippen LogP contribution in [-0.4, -0.2) is 42.0 Å². The average Bonchev–Trinajstić information content (AvgIpc) is 2.61. The van der Waals surface area contributed by atoms with Crippen molar-refractivity contribution in [3.63, 3.8) is 0 Å². The van der Waals surface area contributed by atoms with Gasteiger partial charge in [-0.3, -0.25) is 14.6 Å². The predicted molar refractivity (Wildman–Crippen MR) is 86.8 cm³/mol. The van der Waals surface area contributed by atoms with Gasteiger partial charge in [-0.1, -0.05) is 24.3 Å². The average molecular weight is 312 g/mol. The van der Waals surface area contributed by atoms with E-state index in [2.05, 4.69) is 4.98 Å². The Morgan fingerprint density at radius 1 is 1.22 bits per heavy atom. The van der Waals surface area contributed by atoms with E-state index in [9.17, 15) is 9.59 Å². The predicted octanol–water partition coefficient (Wildman–Crippen LogP) is 2.19. The second-order valence-corrected chi connectivity index (χ2v) is 5.85. The molecule has 5 nitrogen and oxygen atoms in total. The monoisotopic (exact) mass is 312 g/mol. The maximum absolute atomic E-state index is 12.5. The smallest absolute Gasteiger partial charge is 0.308 e. The number of ether oxygens (including phenoxy) is 1. The van der Waals surface area contributed by atoms with E-state index in [1.165, 1.54) is 7.11 Å². The topological polar surface area (TPSA) is 59.5 Å². The van der Waals surface area contributed by atoms with Gasteiger partial charge in [0.05, 0.1) is 25.0 Å². The van der Waals surface area contributed by atoms with Crippen LogP contribution in [0.2, 0.25) is 0 Å². The number of likely N-dealkylation sites (tertiary alicyclic amines) is 1. The fraction of sp³-hybridized carbons (Fsp3) is 0.389. The Kier molecular flexibility index (Phi) is 4.55. The van der Waals surface area contributed by atoms with E-state index in [0.29, 0.717) is 32.4 Å². The van der Waals surface area contributed by atoms with Crippen molar-refractivity contribution >= 4 is 22.8 Å². The van der Waals surface area contributed by atoms with E-state index in [1.54, 1.807) is 6.20 Å². The zero-order valence-corrected chi connectivity index (χ0v) is 13.2. The number of methoxy groups -OCH3 is 1. The first-order chi connectivity index (χ1) is 11.2. The van der Waals surface area contributed by atoms with Gasteiger partial charge >= 0.3 is 5.97 Å². The Hall–Kier alpha value is -2.43. The van der Waals surface area contributed by atoms with Crippen molar-refractivity contribution in [1.82, 2.24) is 9.88 Å². The number of rotatable bonds is 3. The Morgan fingerprint density at radius 3 is 2.70 bits per heavy atom.